The molecule has 40 nitrogen and oxygen atoms in total. The number of likely N-dealkylation sites (N-methyl/N-ethyl adjacent to an activating group) is 2. The Balaban J connectivity index is 0.000000846. The first kappa shape index (κ1) is 119. The van der Waals surface area contributed by atoms with E-state index >= 15 is 0 Å². The lowest BCUT2D eigenvalue weighted by atomic mass is 9.95. The molecule has 13 N–H and O–H groups in total. The van der Waals surface area contributed by atoms with Gasteiger partial charge in [0.15, 0.2) is 0 Å². The van der Waals surface area contributed by atoms with Gasteiger partial charge >= 0.3 is 35.8 Å². The Morgan fingerprint density at radius 1 is 0.274 bits per heavy atom. The van der Waals surface area contributed by atoms with E-state index in [-0.39, 0.29) is 104 Å². The molecule has 12 amide bonds. The molecule has 0 heterocycles. The van der Waals surface area contributed by atoms with Crippen LogP contribution in [0.2, 0.25) is 0 Å². The first-order chi connectivity index (χ1) is 63.0. The van der Waals surface area contributed by atoms with E-state index in [9.17, 15) is 86.3 Å². The molecule has 0 aliphatic carbocycles. The third-order valence-electron chi connectivity index (χ3n) is 18.8. The van der Waals surface area contributed by atoms with E-state index < -0.39 is 119 Å². The smallest absolute Gasteiger partial charge is 0.325 e. The van der Waals surface area contributed by atoms with Crippen LogP contribution >= 0.6 is 0 Å². The second kappa shape index (κ2) is 59.8. The lowest BCUT2D eigenvalue weighted by molar-refractivity contribution is -0.145. The third kappa shape index (κ3) is 48.6. The number of nitrogens with zero attached hydrogens (tertiary/aromatic N) is 5. The zero-order chi connectivity index (χ0) is 103. The third-order valence-corrected chi connectivity index (χ3v) is 18.8. The molecular weight excluding hydrogens is 1750 g/mol. The zero-order valence-electron chi connectivity index (χ0n) is 81.4. The maximum atomic E-state index is 13.0. The van der Waals surface area contributed by atoms with Crippen molar-refractivity contribution in [3.63, 3.8) is 0 Å². The normalized spacial score (nSPS) is 10.9. The Morgan fingerprint density at radius 3 is 0.652 bits per heavy atom. The van der Waals surface area contributed by atoms with Crippen LogP contribution < -0.4 is 47.9 Å². The Morgan fingerprint density at radius 2 is 0.467 bits per heavy atom. The number of nitrogens with one attached hydrogen (secondary N) is 9. The number of aliphatic hydroxyl groups excluding tert-OH is 1. The molecule has 0 saturated carbocycles. The molecule has 0 aromatic heterocycles. The van der Waals surface area contributed by atoms with Crippen molar-refractivity contribution in [2.45, 2.75) is 137 Å². The molecule has 5 aromatic rings. The summed E-state index contributed by atoms with van der Waals surface area (Å²) in [5.41, 5.74) is 3.62. The summed E-state index contributed by atoms with van der Waals surface area (Å²) in [7, 11) is 8.72. The molecule has 0 fully saturated rings. The van der Waals surface area contributed by atoms with Gasteiger partial charge < -0.3 is 112 Å². The van der Waals surface area contributed by atoms with Crippen molar-refractivity contribution < 1.29 is 126 Å². The van der Waals surface area contributed by atoms with Gasteiger partial charge in [0, 0.05) is 147 Å². The van der Waals surface area contributed by atoms with Crippen LogP contribution in [0.3, 0.4) is 0 Å². The van der Waals surface area contributed by atoms with Crippen molar-refractivity contribution in [3.05, 3.63) is 177 Å². The standard InChI is InChI=1S/C22H34N4O6.C19H32N4O2.C19H26N2O6.C18H24N2O6.C17H22N2O6/c1-22(2,3)21(31)25-13-16-5-7-17(8-6-16)20(30)26(11-9-23-18(28)14-27)12-10-24-19(29)15-32-4;1-19(2,3)18(25)22-14-15-6-8-16(9-7-15)17(24)23(12-10-20-4)13-11-21-5;1-19(2,3)18(25)20-10-13-6-8-14(9-7-13)17(24)21(11-15(22)26-4)12-16(23)27-5;1-18(2,3)17(25)19-9-12-5-7-13(8-6-12)16(24)20(10-14(21)22)11-15(23)26-4;1-17(2,3)16(25)18-8-11-4-6-12(7-5-11)15(24)19(9-13(20)21)10-14(22)23/h5-8,27H,9-15H2,1-4H3,(H,23,28)(H,24,29)(H,25,31);6-9,20-21H,10-14H2,1-5H3,(H,22,25);6-9H,10-12H2,1-5H3,(H,20,25);5-8H,9-11H2,1-4H3,(H,19,25)(H,21,22);4-7H,8-10H2,1-3H3,(H,18,25)(H,20,21)(H,22,23). The van der Waals surface area contributed by atoms with E-state index in [1.54, 1.807) is 93.6 Å². The Kier molecular flexibility index (Phi) is 52.9. The number of rotatable bonds is 42. The highest BCUT2D eigenvalue weighted by atomic mass is 16.5. The maximum absolute atomic E-state index is 13.0. The van der Waals surface area contributed by atoms with Gasteiger partial charge in [-0.25, -0.2) is 0 Å². The number of methoxy groups -OCH3 is 4. The number of carboxylic acid groups (broad SMARTS) is 3. The Labute approximate surface area is 789 Å². The fourth-order valence-electron chi connectivity index (χ4n) is 10.7. The van der Waals surface area contributed by atoms with Crippen LogP contribution in [0.5, 0.6) is 0 Å². The van der Waals surface area contributed by atoms with Crippen molar-refractivity contribution >= 4 is 107 Å². The monoisotopic (exact) mass is 1890 g/mol. The minimum atomic E-state index is -1.30. The molecule has 40 heteroatoms. The number of carbonyl (C=O) groups excluding carboxylic acids is 15. The molecular formula is C95H138N14O26. The number of ether oxygens (including phenoxy) is 4. The molecule has 0 radical (unpaired) electrons. The van der Waals surface area contributed by atoms with Crippen molar-refractivity contribution in [1.82, 2.24) is 72.4 Å². The second-order valence-electron chi connectivity index (χ2n) is 35.6. The highest BCUT2D eigenvalue weighted by Crippen LogP contribution is 2.21. The van der Waals surface area contributed by atoms with E-state index in [0.717, 1.165) is 62.7 Å². The van der Waals surface area contributed by atoms with Crippen molar-refractivity contribution in [2.24, 2.45) is 27.1 Å². The molecule has 5 aromatic carbocycles. The van der Waals surface area contributed by atoms with Gasteiger partial charge in [-0.05, 0) is 103 Å². The van der Waals surface area contributed by atoms with Crippen LogP contribution in [-0.2, 0) is 114 Å². The number of esters is 3. The number of carbonyl (C=O) groups is 18. The minimum absolute atomic E-state index is 0.0120. The molecule has 0 unspecified atom stereocenters. The summed E-state index contributed by atoms with van der Waals surface area (Å²) in [4.78, 5) is 218. The van der Waals surface area contributed by atoms with Gasteiger partial charge in [0.25, 0.3) is 29.5 Å². The van der Waals surface area contributed by atoms with E-state index in [0.29, 0.717) is 62.5 Å². The van der Waals surface area contributed by atoms with Gasteiger partial charge in [0.05, 0.1) is 21.3 Å². The summed E-state index contributed by atoms with van der Waals surface area (Å²) < 4.78 is 18.4. The van der Waals surface area contributed by atoms with E-state index in [1.165, 1.54) is 50.5 Å². The predicted octanol–water partition coefficient (Wildman–Crippen LogP) is 4.04. The minimum Gasteiger partial charge on any atom is -0.480 e. The topological polar surface area (TPSA) is 550 Å². The number of aliphatic hydroxyl groups is 1. The molecule has 0 bridgehead atoms. The van der Waals surface area contributed by atoms with Crippen LogP contribution in [0.4, 0.5) is 0 Å². The van der Waals surface area contributed by atoms with Crippen molar-refractivity contribution in [1.29, 1.82) is 0 Å². The summed E-state index contributed by atoms with van der Waals surface area (Å²) in [6.07, 6.45) is 0. The molecule has 5 rings (SSSR count). The number of hydrogen-bond donors (Lipinski definition) is 13. The summed E-state index contributed by atoms with van der Waals surface area (Å²) in [5.74, 6) is -9.01. The van der Waals surface area contributed by atoms with E-state index in [2.05, 4.69) is 62.1 Å². The number of carboxylic acids is 3. The molecule has 0 aliphatic heterocycles. The van der Waals surface area contributed by atoms with Gasteiger partial charge in [-0.3, -0.25) is 86.3 Å². The van der Waals surface area contributed by atoms with E-state index in [1.807, 2.05) is 126 Å². The van der Waals surface area contributed by atoms with Gasteiger partial charge in [-0.1, -0.05) is 165 Å². The Hall–Kier alpha value is -13.6. The quantitative estimate of drug-likeness (QED) is 0.0194. The summed E-state index contributed by atoms with van der Waals surface area (Å²) in [5, 5.41) is 60.8. The van der Waals surface area contributed by atoms with Gasteiger partial charge in [-0.15, -0.1) is 0 Å². The SMILES string of the molecule is CC(C)(C)C(=O)NCc1ccc(C(=O)N(CC(=O)O)CC(=O)O)cc1.CNCCN(CCNC)C(=O)c1ccc(CNC(=O)C(C)(C)C)cc1.COC(=O)CN(CC(=O)O)C(=O)c1ccc(CNC(=O)C(C)(C)C)cc1.COC(=O)CN(CC(=O)OC)C(=O)c1ccc(CNC(=O)C(C)(C)C)cc1.COCC(=O)NCCN(CCNC(=O)CO)C(=O)c1ccc(CNC(=O)C(C)(C)C)cc1. The lowest BCUT2D eigenvalue weighted by Crippen LogP contribution is -2.43. The van der Waals surface area contributed by atoms with Gasteiger partial charge in [0.1, 0.15) is 52.5 Å². The molecule has 0 aliphatic rings. The number of amides is 12. The van der Waals surface area contributed by atoms with Crippen LogP contribution in [0.25, 0.3) is 0 Å². The first-order valence-corrected chi connectivity index (χ1v) is 43.1. The van der Waals surface area contributed by atoms with Crippen LogP contribution in [0, 0.1) is 27.1 Å². The summed E-state index contributed by atoms with van der Waals surface area (Å²) >= 11 is 0. The number of benzene rings is 5. The lowest BCUT2D eigenvalue weighted by Gasteiger charge is -2.23. The zero-order valence-corrected chi connectivity index (χ0v) is 81.4. The summed E-state index contributed by atoms with van der Waals surface area (Å²) in [6.45, 7) is 28.9. The molecule has 0 atom stereocenters. The number of aliphatic carboxylic acids is 3. The molecule has 135 heavy (non-hydrogen) atoms. The van der Waals surface area contributed by atoms with Gasteiger partial charge in [-0.2, -0.15) is 0 Å². The van der Waals surface area contributed by atoms with Crippen molar-refractivity contribution in [2.75, 3.05) is 147 Å². The average Bonchev–Trinajstić information content (AvgIpc) is 0.857. The summed E-state index contributed by atoms with van der Waals surface area (Å²) in [6, 6.07) is 33.4. The highest BCUT2D eigenvalue weighted by molar-refractivity contribution is 6.00. The van der Waals surface area contributed by atoms with Crippen molar-refractivity contribution in [3.8, 4) is 0 Å². The fourth-order valence-corrected chi connectivity index (χ4v) is 10.7. The molecule has 0 saturated heterocycles. The van der Waals surface area contributed by atoms with E-state index in [4.69, 9.17) is 25.2 Å². The largest absolute Gasteiger partial charge is 0.480 e. The van der Waals surface area contributed by atoms with Crippen LogP contribution in [-0.4, -0.2) is 299 Å². The fraction of sp³-hybridized carbons (Fsp3) is 0.495. The van der Waals surface area contributed by atoms with Gasteiger partial charge in [0.2, 0.25) is 41.4 Å². The second-order valence-corrected chi connectivity index (χ2v) is 35.6. The number of hydrogen-bond acceptors (Lipinski definition) is 25. The highest BCUT2D eigenvalue weighted by Gasteiger charge is 2.30. The first-order valence-electron chi connectivity index (χ1n) is 43.1. The maximum Gasteiger partial charge on any atom is 0.325 e. The molecule has 744 valence electrons. The predicted molar refractivity (Wildman–Crippen MR) is 500 cm³/mol. The average molecular weight is 1890 g/mol. The molecule has 0 spiro atoms. The van der Waals surface area contributed by atoms with Crippen LogP contribution in [0.1, 0.15) is 183 Å². The van der Waals surface area contributed by atoms with Crippen LogP contribution in [0.15, 0.2) is 121 Å². The Bertz CT molecular complexity index is 4680.